The van der Waals surface area contributed by atoms with Crippen molar-refractivity contribution in [1.82, 2.24) is 0 Å². The van der Waals surface area contributed by atoms with Gasteiger partial charge in [-0.15, -0.1) is 0 Å². The largest absolute Gasteiger partial charge is 0.490 e. The quantitative estimate of drug-likeness (QED) is 0.666. The fraction of sp³-hybridized carbons (Fsp3) is 0.190. The molecule has 1 aromatic heterocycles. The van der Waals surface area contributed by atoms with Crippen LogP contribution >= 0.6 is 0 Å². The van der Waals surface area contributed by atoms with Crippen LogP contribution in [0.25, 0.3) is 11.0 Å². The Kier molecular flexibility index (Phi) is 4.15. The molecule has 0 radical (unpaired) electrons. The zero-order valence-electron chi connectivity index (χ0n) is 15.4. The summed E-state index contributed by atoms with van der Waals surface area (Å²) in [5.41, 5.74) is -0.207. The fourth-order valence-electron chi connectivity index (χ4n) is 2.87. The van der Waals surface area contributed by atoms with Crippen molar-refractivity contribution in [3.63, 3.8) is 0 Å². The van der Waals surface area contributed by atoms with Crippen molar-refractivity contribution in [1.29, 1.82) is 0 Å². The summed E-state index contributed by atoms with van der Waals surface area (Å²) < 4.78 is 10.9. The average molecular weight is 378 g/mol. The van der Waals surface area contributed by atoms with E-state index >= 15 is 0 Å². The summed E-state index contributed by atoms with van der Waals surface area (Å²) in [6.07, 6.45) is 0. The SMILES string of the molecule is CC1(C)COc2ccc(NC(=O)c3cc4ccccc4oc3=O)cc2NC1=O. The number of hydrogen-bond acceptors (Lipinski definition) is 5. The number of rotatable bonds is 2. The fourth-order valence-corrected chi connectivity index (χ4v) is 2.87. The number of para-hydroxylation sites is 1. The topological polar surface area (TPSA) is 97.6 Å². The third kappa shape index (κ3) is 3.22. The van der Waals surface area contributed by atoms with Crippen LogP contribution in [0.4, 0.5) is 11.4 Å². The lowest BCUT2D eigenvalue weighted by Gasteiger charge is -2.18. The van der Waals surface area contributed by atoms with Gasteiger partial charge in [0, 0.05) is 11.1 Å². The maximum absolute atomic E-state index is 12.6. The first kappa shape index (κ1) is 17.8. The highest BCUT2D eigenvalue weighted by Gasteiger charge is 2.32. The van der Waals surface area contributed by atoms with Crippen molar-refractivity contribution in [2.45, 2.75) is 13.8 Å². The van der Waals surface area contributed by atoms with Gasteiger partial charge in [0.25, 0.3) is 5.91 Å². The van der Waals surface area contributed by atoms with Gasteiger partial charge in [-0.05, 0) is 44.2 Å². The molecule has 7 heteroatoms. The van der Waals surface area contributed by atoms with Gasteiger partial charge in [0.05, 0.1) is 11.1 Å². The third-order valence-electron chi connectivity index (χ3n) is 4.57. The van der Waals surface area contributed by atoms with Crippen LogP contribution in [0.1, 0.15) is 24.2 Å². The van der Waals surface area contributed by atoms with Crippen LogP contribution in [0, 0.1) is 5.41 Å². The van der Waals surface area contributed by atoms with Crippen molar-refractivity contribution >= 4 is 34.2 Å². The maximum atomic E-state index is 12.6. The number of fused-ring (bicyclic) bond motifs is 2. The van der Waals surface area contributed by atoms with Gasteiger partial charge in [0.1, 0.15) is 23.5 Å². The van der Waals surface area contributed by atoms with Crippen LogP contribution in [0.15, 0.2) is 57.7 Å². The molecule has 2 N–H and O–H groups in total. The van der Waals surface area contributed by atoms with E-state index in [0.29, 0.717) is 28.1 Å². The number of carbonyl (C=O) groups is 2. The van der Waals surface area contributed by atoms with Gasteiger partial charge in [-0.2, -0.15) is 0 Å². The first-order chi connectivity index (χ1) is 13.3. The Morgan fingerprint density at radius 1 is 1.11 bits per heavy atom. The van der Waals surface area contributed by atoms with Crippen molar-refractivity contribution in [2.75, 3.05) is 17.2 Å². The van der Waals surface area contributed by atoms with Crippen molar-refractivity contribution in [3.05, 3.63) is 64.5 Å². The van der Waals surface area contributed by atoms with Crippen LogP contribution in [-0.2, 0) is 4.79 Å². The molecule has 0 atom stereocenters. The van der Waals surface area contributed by atoms with Gasteiger partial charge < -0.3 is 19.8 Å². The summed E-state index contributed by atoms with van der Waals surface area (Å²) in [4.78, 5) is 37.0. The van der Waals surface area contributed by atoms with E-state index in [1.807, 2.05) is 0 Å². The molecule has 1 aliphatic rings. The predicted molar refractivity (Wildman–Crippen MR) is 105 cm³/mol. The molecule has 1 aliphatic heterocycles. The van der Waals surface area contributed by atoms with Gasteiger partial charge in [-0.3, -0.25) is 9.59 Å². The Labute approximate surface area is 160 Å². The van der Waals surface area contributed by atoms with Gasteiger partial charge >= 0.3 is 5.63 Å². The van der Waals surface area contributed by atoms with E-state index in [1.54, 1.807) is 56.3 Å². The molecule has 0 saturated heterocycles. The second-order valence-electron chi connectivity index (χ2n) is 7.28. The first-order valence-corrected chi connectivity index (χ1v) is 8.76. The molecule has 2 amide bonds. The third-order valence-corrected chi connectivity index (χ3v) is 4.57. The molecule has 0 bridgehead atoms. The molecule has 3 aromatic rings. The van der Waals surface area contributed by atoms with Crippen LogP contribution in [0.3, 0.4) is 0 Å². The minimum atomic E-state index is -0.718. The van der Waals surface area contributed by atoms with Gasteiger partial charge in [0.15, 0.2) is 0 Å². The Balaban J connectivity index is 1.62. The molecule has 4 rings (SSSR count). The summed E-state index contributed by atoms with van der Waals surface area (Å²) in [5.74, 6) is -0.257. The normalized spacial score (nSPS) is 15.1. The second kappa shape index (κ2) is 6.53. The lowest BCUT2D eigenvalue weighted by atomic mass is 9.94. The number of anilines is 2. The highest BCUT2D eigenvalue weighted by atomic mass is 16.5. The van der Waals surface area contributed by atoms with E-state index in [2.05, 4.69) is 10.6 Å². The molecular weight excluding hydrogens is 360 g/mol. The van der Waals surface area contributed by atoms with Crippen LogP contribution in [0.5, 0.6) is 5.75 Å². The molecule has 28 heavy (non-hydrogen) atoms. The highest BCUT2D eigenvalue weighted by molar-refractivity contribution is 6.06. The number of carbonyl (C=O) groups excluding carboxylic acids is 2. The monoisotopic (exact) mass is 378 g/mol. The maximum Gasteiger partial charge on any atom is 0.349 e. The van der Waals surface area contributed by atoms with E-state index in [4.69, 9.17) is 9.15 Å². The number of nitrogens with one attached hydrogen (secondary N) is 2. The molecule has 0 unspecified atom stereocenters. The van der Waals surface area contributed by atoms with Crippen LogP contribution in [-0.4, -0.2) is 18.4 Å². The van der Waals surface area contributed by atoms with Crippen molar-refractivity contribution in [3.8, 4) is 5.75 Å². The minimum Gasteiger partial charge on any atom is -0.490 e. The lowest BCUT2D eigenvalue weighted by molar-refractivity contribution is -0.124. The predicted octanol–water partition coefficient (Wildman–Crippen LogP) is 3.40. The molecule has 142 valence electrons. The average Bonchev–Trinajstić information content (AvgIpc) is 2.77. The Morgan fingerprint density at radius 2 is 1.89 bits per heavy atom. The molecule has 0 fully saturated rings. The highest BCUT2D eigenvalue weighted by Crippen LogP contribution is 2.34. The van der Waals surface area contributed by atoms with E-state index < -0.39 is 16.9 Å². The molecule has 0 spiro atoms. The molecule has 7 nitrogen and oxygen atoms in total. The van der Waals surface area contributed by atoms with Gasteiger partial charge in [0.2, 0.25) is 5.91 Å². The summed E-state index contributed by atoms with van der Waals surface area (Å²) in [5, 5.41) is 6.12. The number of hydrogen-bond donors (Lipinski definition) is 2. The van der Waals surface area contributed by atoms with E-state index in [-0.39, 0.29) is 18.1 Å². The zero-order valence-corrected chi connectivity index (χ0v) is 15.4. The Hall–Kier alpha value is -3.61. The number of ether oxygens (including phenoxy) is 1. The second-order valence-corrected chi connectivity index (χ2v) is 7.28. The van der Waals surface area contributed by atoms with E-state index in [0.717, 1.165) is 0 Å². The van der Waals surface area contributed by atoms with Crippen molar-refractivity contribution in [2.24, 2.45) is 5.41 Å². The zero-order chi connectivity index (χ0) is 19.9. The minimum absolute atomic E-state index is 0.102. The molecule has 0 saturated carbocycles. The molecular formula is C21H18N2O5. The van der Waals surface area contributed by atoms with Crippen molar-refractivity contribution < 1.29 is 18.7 Å². The number of amides is 2. The Morgan fingerprint density at radius 3 is 2.71 bits per heavy atom. The standard InChI is InChI=1S/C21H18N2O5/c1-21(2)11-27-17-8-7-13(10-15(17)23-20(21)26)22-18(24)14-9-12-5-3-4-6-16(12)28-19(14)25/h3-10H,11H2,1-2H3,(H,22,24)(H,23,26). The van der Waals surface area contributed by atoms with E-state index in [1.165, 1.54) is 6.07 Å². The van der Waals surface area contributed by atoms with Gasteiger partial charge in [-0.25, -0.2) is 4.79 Å². The summed E-state index contributed by atoms with van der Waals surface area (Å²) in [6.45, 7) is 3.82. The summed E-state index contributed by atoms with van der Waals surface area (Å²) in [6, 6.07) is 13.3. The summed E-state index contributed by atoms with van der Waals surface area (Å²) in [7, 11) is 0. The molecule has 2 heterocycles. The first-order valence-electron chi connectivity index (χ1n) is 8.76. The summed E-state index contributed by atoms with van der Waals surface area (Å²) >= 11 is 0. The molecule has 0 aliphatic carbocycles. The smallest absolute Gasteiger partial charge is 0.349 e. The molecule has 2 aromatic carbocycles. The number of benzene rings is 2. The lowest BCUT2D eigenvalue weighted by Crippen LogP contribution is -2.33. The Bertz CT molecular complexity index is 1160. The van der Waals surface area contributed by atoms with E-state index in [9.17, 15) is 14.4 Å². The van der Waals surface area contributed by atoms with Crippen LogP contribution < -0.4 is 21.0 Å². The van der Waals surface area contributed by atoms with Crippen LogP contribution in [0.2, 0.25) is 0 Å². The van der Waals surface area contributed by atoms with Gasteiger partial charge in [-0.1, -0.05) is 18.2 Å².